The van der Waals surface area contributed by atoms with E-state index in [1.807, 2.05) is 6.92 Å². The third-order valence-electron chi connectivity index (χ3n) is 4.92. The Bertz CT molecular complexity index is 600. The predicted molar refractivity (Wildman–Crippen MR) is 97.9 cm³/mol. The molecule has 1 aromatic carbocycles. The molecule has 25 heavy (non-hydrogen) atoms. The number of hydrogen-bond donors (Lipinski definition) is 1. The van der Waals surface area contributed by atoms with Gasteiger partial charge in [-0.05, 0) is 55.4 Å². The zero-order valence-corrected chi connectivity index (χ0v) is 16.0. The molecule has 0 saturated carbocycles. The number of nitrogens with zero attached hydrogens (tertiary/aromatic N) is 1. The third-order valence-corrected chi connectivity index (χ3v) is 4.92. The van der Waals surface area contributed by atoms with Crippen molar-refractivity contribution in [1.29, 1.82) is 0 Å². The van der Waals surface area contributed by atoms with E-state index in [2.05, 4.69) is 37.8 Å². The number of hydrogen-bond acceptors (Lipinski definition) is 5. The van der Waals surface area contributed by atoms with E-state index in [0.29, 0.717) is 38.5 Å². The fraction of sp³-hybridized carbons (Fsp3) is 0.650. The van der Waals surface area contributed by atoms with E-state index in [0.717, 1.165) is 11.3 Å². The van der Waals surface area contributed by atoms with Crippen LogP contribution in [0.2, 0.25) is 0 Å². The molecule has 0 radical (unpaired) electrons. The molecule has 1 fully saturated rings. The number of carbonyl (C=O) groups excluding carboxylic acids is 1. The molecule has 1 N–H and O–H groups in total. The lowest BCUT2D eigenvalue weighted by molar-refractivity contribution is -0.150. The smallest absolute Gasteiger partial charge is 0.323 e. The molecule has 0 aliphatic carbocycles. The van der Waals surface area contributed by atoms with Gasteiger partial charge in [0.2, 0.25) is 0 Å². The molecule has 2 rings (SSSR count). The maximum atomic E-state index is 12.1. The van der Waals surface area contributed by atoms with Crippen LogP contribution in [0.3, 0.4) is 0 Å². The Kier molecular flexibility index (Phi) is 6.85. The highest BCUT2D eigenvalue weighted by Crippen LogP contribution is 2.31. The Morgan fingerprint density at radius 1 is 1.40 bits per heavy atom. The number of aliphatic hydroxyl groups is 1. The number of aliphatic hydroxyl groups excluding tert-OH is 1. The van der Waals surface area contributed by atoms with Crippen LogP contribution in [0.4, 0.5) is 0 Å². The topological polar surface area (TPSA) is 59.0 Å². The summed E-state index contributed by atoms with van der Waals surface area (Å²) in [5.74, 6) is 1.03. The summed E-state index contributed by atoms with van der Waals surface area (Å²) in [4.78, 5) is 14.2. The molecule has 1 heterocycles. The van der Waals surface area contributed by atoms with Gasteiger partial charge in [-0.2, -0.15) is 0 Å². The Labute approximate surface area is 150 Å². The molecule has 0 spiro atoms. The number of methoxy groups -OCH3 is 1. The van der Waals surface area contributed by atoms with E-state index < -0.39 is 6.10 Å². The van der Waals surface area contributed by atoms with Crippen molar-refractivity contribution in [2.24, 2.45) is 0 Å². The van der Waals surface area contributed by atoms with E-state index in [9.17, 15) is 9.90 Å². The first-order chi connectivity index (χ1) is 11.9. The van der Waals surface area contributed by atoms with Gasteiger partial charge in [0.1, 0.15) is 11.8 Å². The lowest BCUT2D eigenvalue weighted by atomic mass is 9.94. The van der Waals surface area contributed by atoms with Crippen LogP contribution in [-0.4, -0.2) is 48.4 Å². The summed E-state index contributed by atoms with van der Waals surface area (Å²) in [7, 11) is 1.40. The maximum absolute atomic E-state index is 12.1. The van der Waals surface area contributed by atoms with E-state index in [-0.39, 0.29) is 12.0 Å². The van der Waals surface area contributed by atoms with Gasteiger partial charge in [-0.25, -0.2) is 0 Å². The average molecular weight is 349 g/mol. The van der Waals surface area contributed by atoms with Crippen LogP contribution in [0.5, 0.6) is 5.75 Å². The van der Waals surface area contributed by atoms with Crippen LogP contribution >= 0.6 is 0 Å². The molecule has 0 aromatic heterocycles. The fourth-order valence-corrected chi connectivity index (χ4v) is 3.43. The highest BCUT2D eigenvalue weighted by molar-refractivity contribution is 5.75. The first-order valence-corrected chi connectivity index (χ1v) is 9.13. The summed E-state index contributed by atoms with van der Waals surface area (Å²) in [5.41, 5.74) is 3.54. The quantitative estimate of drug-likeness (QED) is 0.800. The SMILES string of the molecule is CCOc1cc(C)c(CN2CC[C@@H](O)C[C@H]2C(=O)OC)cc1C(C)C. The van der Waals surface area contributed by atoms with Gasteiger partial charge >= 0.3 is 5.97 Å². The van der Waals surface area contributed by atoms with E-state index >= 15 is 0 Å². The van der Waals surface area contributed by atoms with Crippen molar-refractivity contribution in [3.63, 3.8) is 0 Å². The number of ether oxygens (including phenoxy) is 2. The molecule has 0 bridgehead atoms. The monoisotopic (exact) mass is 349 g/mol. The molecule has 1 saturated heterocycles. The minimum atomic E-state index is -0.437. The highest BCUT2D eigenvalue weighted by Gasteiger charge is 2.33. The summed E-state index contributed by atoms with van der Waals surface area (Å²) in [6.07, 6.45) is 0.674. The number of piperidine rings is 1. The molecule has 0 amide bonds. The minimum absolute atomic E-state index is 0.272. The van der Waals surface area contributed by atoms with Crippen LogP contribution < -0.4 is 4.74 Å². The first-order valence-electron chi connectivity index (χ1n) is 9.13. The van der Waals surface area contributed by atoms with Gasteiger partial charge in [-0.1, -0.05) is 19.9 Å². The average Bonchev–Trinajstić information content (AvgIpc) is 2.57. The molecular formula is C20H31NO4. The molecule has 1 aliphatic heterocycles. The van der Waals surface area contributed by atoms with Crippen LogP contribution in [0.1, 0.15) is 56.2 Å². The van der Waals surface area contributed by atoms with Crippen molar-refractivity contribution in [2.75, 3.05) is 20.3 Å². The molecule has 5 nitrogen and oxygen atoms in total. The molecule has 2 atom stereocenters. The number of carbonyl (C=O) groups is 1. The van der Waals surface area contributed by atoms with E-state index in [1.54, 1.807) is 0 Å². The second-order valence-corrected chi connectivity index (χ2v) is 7.09. The highest BCUT2D eigenvalue weighted by atomic mass is 16.5. The van der Waals surface area contributed by atoms with Crippen molar-refractivity contribution in [3.8, 4) is 5.75 Å². The second kappa shape index (κ2) is 8.68. The molecule has 0 unspecified atom stereocenters. The number of likely N-dealkylation sites (tertiary alicyclic amines) is 1. The third kappa shape index (κ3) is 4.73. The maximum Gasteiger partial charge on any atom is 0.323 e. The summed E-state index contributed by atoms with van der Waals surface area (Å²) in [5, 5.41) is 9.92. The van der Waals surface area contributed by atoms with E-state index in [1.165, 1.54) is 18.2 Å². The van der Waals surface area contributed by atoms with Crippen molar-refractivity contribution < 1.29 is 19.4 Å². The Hall–Kier alpha value is -1.59. The second-order valence-electron chi connectivity index (χ2n) is 7.09. The van der Waals surface area contributed by atoms with Crippen LogP contribution in [0.25, 0.3) is 0 Å². The standard InChI is InChI=1S/C20H31NO4/c1-6-25-19-9-14(4)15(10-17(19)13(2)3)12-21-8-7-16(22)11-18(21)20(23)24-5/h9-10,13,16,18,22H,6-8,11-12H2,1-5H3/t16-,18+/m1/s1. The Morgan fingerprint density at radius 2 is 2.12 bits per heavy atom. The van der Waals surface area contributed by atoms with Gasteiger partial charge in [-0.15, -0.1) is 0 Å². The van der Waals surface area contributed by atoms with Crippen LogP contribution in [0.15, 0.2) is 12.1 Å². The Balaban J connectivity index is 2.28. The largest absolute Gasteiger partial charge is 0.494 e. The van der Waals surface area contributed by atoms with Crippen molar-refractivity contribution in [2.45, 2.75) is 65.1 Å². The van der Waals surface area contributed by atoms with Gasteiger partial charge in [-0.3, -0.25) is 9.69 Å². The fourth-order valence-electron chi connectivity index (χ4n) is 3.43. The minimum Gasteiger partial charge on any atom is -0.494 e. The molecule has 140 valence electrons. The normalized spacial score (nSPS) is 21.4. The van der Waals surface area contributed by atoms with Crippen molar-refractivity contribution in [1.82, 2.24) is 4.90 Å². The van der Waals surface area contributed by atoms with Gasteiger partial charge in [0.25, 0.3) is 0 Å². The number of rotatable bonds is 6. The number of benzene rings is 1. The number of esters is 1. The summed E-state index contributed by atoms with van der Waals surface area (Å²) in [6.45, 7) is 10.4. The first kappa shape index (κ1) is 19.7. The zero-order chi connectivity index (χ0) is 18.6. The molecular weight excluding hydrogens is 318 g/mol. The summed E-state index contributed by atoms with van der Waals surface area (Å²) < 4.78 is 10.7. The van der Waals surface area contributed by atoms with Gasteiger partial charge in [0.15, 0.2) is 0 Å². The van der Waals surface area contributed by atoms with E-state index in [4.69, 9.17) is 9.47 Å². The number of aryl methyl sites for hydroxylation is 1. The lowest BCUT2D eigenvalue weighted by Crippen LogP contribution is -2.48. The van der Waals surface area contributed by atoms with Crippen LogP contribution in [-0.2, 0) is 16.1 Å². The lowest BCUT2D eigenvalue weighted by Gasteiger charge is -2.36. The van der Waals surface area contributed by atoms with Gasteiger partial charge in [0, 0.05) is 13.1 Å². The molecule has 5 heteroatoms. The molecule has 1 aliphatic rings. The predicted octanol–water partition coefficient (Wildman–Crippen LogP) is 3.02. The van der Waals surface area contributed by atoms with Crippen LogP contribution in [0, 0.1) is 6.92 Å². The van der Waals surface area contributed by atoms with Crippen molar-refractivity contribution >= 4 is 5.97 Å². The Morgan fingerprint density at radius 3 is 2.72 bits per heavy atom. The molecule has 1 aromatic rings. The zero-order valence-electron chi connectivity index (χ0n) is 16.0. The summed E-state index contributed by atoms with van der Waals surface area (Å²) >= 11 is 0. The van der Waals surface area contributed by atoms with Crippen molar-refractivity contribution in [3.05, 3.63) is 28.8 Å². The van der Waals surface area contributed by atoms with Gasteiger partial charge in [0.05, 0.1) is 19.8 Å². The summed E-state index contributed by atoms with van der Waals surface area (Å²) in [6, 6.07) is 3.91. The van der Waals surface area contributed by atoms with Gasteiger partial charge < -0.3 is 14.6 Å².